The molecule has 0 amide bonds. The number of methoxy groups -OCH3 is 1. The first-order valence-corrected chi connectivity index (χ1v) is 10.3. The molecule has 0 bridgehead atoms. The molecule has 2 rings (SSSR count). The van der Waals surface area contributed by atoms with Gasteiger partial charge in [0.1, 0.15) is 0 Å². The topological polar surface area (TPSA) is 99.4 Å². The van der Waals surface area contributed by atoms with Gasteiger partial charge in [-0.2, -0.15) is 5.26 Å². The van der Waals surface area contributed by atoms with Crippen LogP contribution in [-0.2, 0) is 9.53 Å². The molecule has 0 aliphatic rings. The number of nitrogens with zero attached hydrogens (tertiary/aromatic N) is 3. The summed E-state index contributed by atoms with van der Waals surface area (Å²) in [6.45, 7) is 4.75. The predicted molar refractivity (Wildman–Crippen MR) is 123 cm³/mol. The van der Waals surface area contributed by atoms with Gasteiger partial charge >= 0.3 is 5.97 Å². The van der Waals surface area contributed by atoms with Gasteiger partial charge < -0.3 is 10.1 Å². The van der Waals surface area contributed by atoms with Crippen LogP contribution >= 0.6 is 0 Å². The number of carbonyl (C=O) groups excluding carboxylic acids is 1. The number of guanidine groups is 1. The molecule has 7 nitrogen and oxygen atoms in total. The molecule has 0 aliphatic carbocycles. The van der Waals surface area contributed by atoms with Gasteiger partial charge in [-0.25, -0.2) is 0 Å². The van der Waals surface area contributed by atoms with E-state index in [2.05, 4.69) is 40.5 Å². The summed E-state index contributed by atoms with van der Waals surface area (Å²) in [7, 11) is 1.40. The van der Waals surface area contributed by atoms with Crippen molar-refractivity contribution in [1.82, 2.24) is 10.3 Å². The van der Waals surface area contributed by atoms with Crippen molar-refractivity contribution in [2.24, 2.45) is 10.9 Å². The lowest BCUT2D eigenvalue weighted by Gasteiger charge is -2.13. The maximum Gasteiger partial charge on any atom is 0.305 e. The Labute approximate surface area is 183 Å². The number of unbranched alkanes of at least 4 members (excludes halogenated alkanes) is 1. The van der Waals surface area contributed by atoms with E-state index >= 15 is 0 Å². The van der Waals surface area contributed by atoms with E-state index in [4.69, 9.17) is 10.00 Å². The summed E-state index contributed by atoms with van der Waals surface area (Å²) in [6, 6.07) is 11.8. The van der Waals surface area contributed by atoms with Crippen molar-refractivity contribution >= 4 is 23.2 Å². The molecule has 31 heavy (non-hydrogen) atoms. The van der Waals surface area contributed by atoms with Crippen molar-refractivity contribution in [3.8, 4) is 6.19 Å². The fraction of sp³-hybridized carbons (Fsp3) is 0.333. The van der Waals surface area contributed by atoms with Crippen molar-refractivity contribution in [2.75, 3.05) is 19.0 Å². The zero-order chi connectivity index (χ0) is 22.5. The number of allylic oxidation sites excluding steroid dienone is 1. The minimum absolute atomic E-state index is 0.208. The average molecular weight is 420 g/mol. The van der Waals surface area contributed by atoms with Crippen molar-refractivity contribution in [3.63, 3.8) is 0 Å². The van der Waals surface area contributed by atoms with E-state index < -0.39 is 0 Å². The first-order valence-electron chi connectivity index (χ1n) is 10.3. The maximum absolute atomic E-state index is 11.4. The number of hydrogen-bond acceptors (Lipinski definition) is 5. The largest absolute Gasteiger partial charge is 0.469 e. The summed E-state index contributed by atoms with van der Waals surface area (Å²) in [5.74, 6) is 0.591. The monoisotopic (exact) mass is 419 g/mol. The van der Waals surface area contributed by atoms with Gasteiger partial charge in [-0.15, -0.1) is 0 Å². The van der Waals surface area contributed by atoms with Crippen LogP contribution in [0.25, 0.3) is 5.57 Å². The van der Waals surface area contributed by atoms with Gasteiger partial charge in [-0.05, 0) is 48.1 Å². The second-order valence-corrected chi connectivity index (χ2v) is 7.35. The molecule has 7 heteroatoms. The SMILES string of the molecule is COC(=O)CCC/C=C(/c1cccnc1)c1cccc(NC(=NCC(C)C)NC#N)c1. The van der Waals surface area contributed by atoms with Gasteiger partial charge in [0.15, 0.2) is 6.19 Å². The summed E-state index contributed by atoms with van der Waals surface area (Å²) in [4.78, 5) is 20.1. The maximum atomic E-state index is 11.4. The van der Waals surface area contributed by atoms with Crippen LogP contribution in [0.2, 0.25) is 0 Å². The minimum Gasteiger partial charge on any atom is -0.469 e. The smallest absolute Gasteiger partial charge is 0.305 e. The first-order chi connectivity index (χ1) is 15.0. The summed E-state index contributed by atoms with van der Waals surface area (Å²) in [5, 5.41) is 14.8. The number of esters is 1. The third kappa shape index (κ3) is 8.31. The summed E-state index contributed by atoms with van der Waals surface area (Å²) in [5.41, 5.74) is 3.82. The van der Waals surface area contributed by atoms with Gasteiger partial charge in [0.05, 0.1) is 7.11 Å². The zero-order valence-electron chi connectivity index (χ0n) is 18.3. The molecule has 0 atom stereocenters. The molecular formula is C24H29N5O2. The molecule has 0 saturated heterocycles. The number of aliphatic imine (C=N–C) groups is 1. The van der Waals surface area contributed by atoms with E-state index in [1.807, 2.05) is 48.8 Å². The van der Waals surface area contributed by atoms with Gasteiger partial charge in [0, 0.05) is 36.6 Å². The van der Waals surface area contributed by atoms with Crippen molar-refractivity contribution in [2.45, 2.75) is 33.1 Å². The van der Waals surface area contributed by atoms with E-state index in [1.54, 1.807) is 6.20 Å². The van der Waals surface area contributed by atoms with Crippen LogP contribution in [-0.4, -0.2) is 30.6 Å². The Morgan fingerprint density at radius 3 is 2.77 bits per heavy atom. The summed E-state index contributed by atoms with van der Waals surface area (Å²) < 4.78 is 4.72. The Kier molecular flexibility index (Phi) is 9.76. The van der Waals surface area contributed by atoms with Crippen LogP contribution in [0, 0.1) is 17.4 Å². The molecule has 1 aromatic heterocycles. The number of nitriles is 1. The number of benzene rings is 1. The number of ether oxygens (including phenoxy) is 1. The number of carbonyl (C=O) groups is 1. The fourth-order valence-corrected chi connectivity index (χ4v) is 2.86. The van der Waals surface area contributed by atoms with Crippen molar-refractivity contribution < 1.29 is 9.53 Å². The van der Waals surface area contributed by atoms with Gasteiger partial charge in [0.25, 0.3) is 0 Å². The number of anilines is 1. The second kappa shape index (κ2) is 12.8. The van der Waals surface area contributed by atoms with Crippen LogP contribution in [0.3, 0.4) is 0 Å². The minimum atomic E-state index is -0.208. The molecule has 0 aliphatic heterocycles. The third-order valence-electron chi connectivity index (χ3n) is 4.36. The quantitative estimate of drug-likeness (QED) is 0.157. The molecule has 0 spiro atoms. The first kappa shape index (κ1) is 23.6. The Balaban J connectivity index is 2.27. The number of rotatable bonds is 9. The normalized spacial score (nSPS) is 11.7. The molecule has 2 N–H and O–H groups in total. The van der Waals surface area contributed by atoms with Crippen LogP contribution in [0.4, 0.5) is 5.69 Å². The van der Waals surface area contributed by atoms with E-state index in [1.165, 1.54) is 7.11 Å². The van der Waals surface area contributed by atoms with E-state index in [0.29, 0.717) is 31.3 Å². The highest BCUT2D eigenvalue weighted by molar-refractivity contribution is 5.95. The molecule has 162 valence electrons. The average Bonchev–Trinajstić information content (AvgIpc) is 2.78. The molecule has 0 unspecified atom stereocenters. The lowest BCUT2D eigenvalue weighted by atomic mass is 9.97. The van der Waals surface area contributed by atoms with E-state index in [9.17, 15) is 4.79 Å². The Morgan fingerprint density at radius 1 is 1.29 bits per heavy atom. The van der Waals surface area contributed by atoms with Crippen LogP contribution in [0.1, 0.15) is 44.2 Å². The lowest BCUT2D eigenvalue weighted by molar-refractivity contribution is -0.140. The lowest BCUT2D eigenvalue weighted by Crippen LogP contribution is -2.27. The van der Waals surface area contributed by atoms with Crippen LogP contribution < -0.4 is 10.6 Å². The number of nitrogens with one attached hydrogen (secondary N) is 2. The molecule has 2 aromatic rings. The molecule has 1 aromatic carbocycles. The van der Waals surface area contributed by atoms with Crippen molar-refractivity contribution in [3.05, 3.63) is 66.0 Å². The van der Waals surface area contributed by atoms with Gasteiger partial charge in [0.2, 0.25) is 5.96 Å². The summed E-state index contributed by atoms with van der Waals surface area (Å²) in [6.07, 6.45) is 9.40. The van der Waals surface area contributed by atoms with E-state index in [0.717, 1.165) is 28.8 Å². The molecular weight excluding hydrogens is 390 g/mol. The van der Waals surface area contributed by atoms with E-state index in [-0.39, 0.29) is 5.97 Å². The highest BCUT2D eigenvalue weighted by Gasteiger charge is 2.08. The Hall–Kier alpha value is -3.66. The standard InChI is InChI=1S/C24H29N5O2/c1-18(2)15-27-24(28-17-25)29-21-10-6-8-19(14-21)22(20-9-7-13-26-16-20)11-4-5-12-23(30)31-3/h6-11,13-14,16,18H,4-5,12,15H2,1-3H3,(H2,27,28,29)/b22-11+. The number of hydrogen-bond donors (Lipinski definition) is 2. The second-order valence-electron chi connectivity index (χ2n) is 7.35. The third-order valence-corrected chi connectivity index (χ3v) is 4.36. The van der Waals surface area contributed by atoms with Crippen LogP contribution in [0.15, 0.2) is 59.9 Å². The number of pyridine rings is 1. The predicted octanol–water partition coefficient (Wildman–Crippen LogP) is 4.35. The molecule has 0 radical (unpaired) electrons. The summed E-state index contributed by atoms with van der Waals surface area (Å²) >= 11 is 0. The highest BCUT2D eigenvalue weighted by Crippen LogP contribution is 2.26. The Morgan fingerprint density at radius 2 is 2.10 bits per heavy atom. The zero-order valence-corrected chi connectivity index (χ0v) is 18.3. The van der Waals surface area contributed by atoms with Crippen molar-refractivity contribution in [1.29, 1.82) is 5.26 Å². The molecule has 0 saturated carbocycles. The van der Waals surface area contributed by atoms with Gasteiger partial charge in [-0.3, -0.25) is 20.1 Å². The number of aromatic nitrogens is 1. The molecule has 1 heterocycles. The van der Waals surface area contributed by atoms with Gasteiger partial charge in [-0.1, -0.05) is 38.1 Å². The fourth-order valence-electron chi connectivity index (χ4n) is 2.86. The highest BCUT2D eigenvalue weighted by atomic mass is 16.5. The molecule has 0 fully saturated rings. The van der Waals surface area contributed by atoms with Crippen LogP contribution in [0.5, 0.6) is 0 Å². The Bertz CT molecular complexity index is 946.